The van der Waals surface area contributed by atoms with E-state index in [0.717, 1.165) is 33.6 Å². The lowest BCUT2D eigenvalue weighted by Crippen LogP contribution is -2.23. The normalized spacial score (nSPS) is 15.8. The molecular weight excluding hydrogens is 408 g/mol. The maximum Gasteiger partial charge on any atom is 0.297 e. The van der Waals surface area contributed by atoms with Crippen LogP contribution >= 0.6 is 11.6 Å². The number of aryl methyl sites for hydroxylation is 2. The van der Waals surface area contributed by atoms with Crippen molar-refractivity contribution in [2.45, 2.75) is 31.3 Å². The fraction of sp³-hybridized carbons (Fsp3) is 0.217. The predicted molar refractivity (Wildman–Crippen MR) is 114 cm³/mol. The minimum Gasteiger partial charge on any atom is -0.487 e. The van der Waals surface area contributed by atoms with Gasteiger partial charge in [0.1, 0.15) is 18.5 Å². The van der Waals surface area contributed by atoms with Gasteiger partial charge in [0, 0.05) is 17.0 Å². The first-order valence-corrected chi connectivity index (χ1v) is 11.1. The Labute approximate surface area is 176 Å². The highest BCUT2D eigenvalue weighted by Crippen LogP contribution is 2.40. The number of hydrogen-bond acceptors (Lipinski definition) is 4. The Morgan fingerprint density at radius 2 is 1.79 bits per heavy atom. The fourth-order valence-electron chi connectivity index (χ4n) is 3.47. The Morgan fingerprint density at radius 3 is 2.55 bits per heavy atom. The molecule has 1 aliphatic rings. The van der Waals surface area contributed by atoms with Gasteiger partial charge in [0.15, 0.2) is 0 Å². The van der Waals surface area contributed by atoms with E-state index in [9.17, 15) is 8.42 Å². The van der Waals surface area contributed by atoms with Crippen LogP contribution in [0, 0.1) is 13.8 Å². The summed E-state index contributed by atoms with van der Waals surface area (Å²) in [5.41, 5.74) is 5.06. The molecule has 150 valence electrons. The number of fused-ring (bicyclic) bond motifs is 1. The summed E-state index contributed by atoms with van der Waals surface area (Å²) < 4.78 is 36.3. The Balaban J connectivity index is 1.53. The summed E-state index contributed by atoms with van der Waals surface area (Å²) in [6.07, 6.45) is 0.220. The van der Waals surface area contributed by atoms with Gasteiger partial charge >= 0.3 is 0 Å². The molecule has 0 spiro atoms. The lowest BCUT2D eigenvalue weighted by molar-refractivity contribution is 0.152. The molecule has 1 heterocycles. The first-order valence-electron chi connectivity index (χ1n) is 9.35. The highest BCUT2D eigenvalue weighted by molar-refractivity contribution is 7.86. The molecule has 0 N–H and O–H groups in total. The minimum absolute atomic E-state index is 0.0428. The van der Waals surface area contributed by atoms with Crippen LogP contribution in [0.3, 0.4) is 0 Å². The second-order valence-electron chi connectivity index (χ2n) is 7.25. The van der Waals surface area contributed by atoms with E-state index in [-0.39, 0.29) is 17.6 Å². The van der Waals surface area contributed by atoms with Crippen LogP contribution in [0.4, 0.5) is 0 Å². The SMILES string of the molecule is Cc1ccc(S(=O)(=O)OCC2Cc3cccc(-c4cc(Cl)ccc4C)c3O2)cc1. The average molecular weight is 429 g/mol. The van der Waals surface area contributed by atoms with Crippen molar-refractivity contribution in [1.29, 1.82) is 0 Å². The van der Waals surface area contributed by atoms with Crippen LogP contribution in [0.15, 0.2) is 65.6 Å². The van der Waals surface area contributed by atoms with E-state index in [2.05, 4.69) is 0 Å². The summed E-state index contributed by atoms with van der Waals surface area (Å²) in [5.74, 6) is 0.763. The van der Waals surface area contributed by atoms with Crippen molar-refractivity contribution in [3.63, 3.8) is 0 Å². The average Bonchev–Trinajstić information content (AvgIpc) is 3.12. The molecule has 0 fully saturated rings. The zero-order chi connectivity index (χ0) is 20.6. The second-order valence-corrected chi connectivity index (χ2v) is 9.30. The van der Waals surface area contributed by atoms with Gasteiger partial charge < -0.3 is 4.74 Å². The monoisotopic (exact) mass is 428 g/mol. The van der Waals surface area contributed by atoms with Crippen molar-refractivity contribution in [3.8, 4) is 16.9 Å². The second kappa shape index (κ2) is 7.82. The molecule has 1 aliphatic heterocycles. The van der Waals surface area contributed by atoms with Gasteiger partial charge in [-0.05, 0) is 54.8 Å². The maximum atomic E-state index is 12.5. The molecule has 0 aromatic heterocycles. The Hall–Kier alpha value is -2.34. The van der Waals surface area contributed by atoms with Crippen LogP contribution in [0.5, 0.6) is 5.75 Å². The number of rotatable bonds is 5. The largest absolute Gasteiger partial charge is 0.487 e. The summed E-state index contributed by atoms with van der Waals surface area (Å²) in [6.45, 7) is 3.88. The zero-order valence-corrected chi connectivity index (χ0v) is 17.8. The number of benzene rings is 3. The molecule has 3 aromatic carbocycles. The molecule has 0 saturated heterocycles. The molecule has 4 rings (SSSR count). The van der Waals surface area contributed by atoms with Crippen LogP contribution in [0.2, 0.25) is 5.02 Å². The third-order valence-electron chi connectivity index (χ3n) is 5.04. The number of para-hydroxylation sites is 1. The predicted octanol–water partition coefficient (Wildman–Crippen LogP) is 5.33. The van der Waals surface area contributed by atoms with Crippen LogP contribution in [-0.2, 0) is 20.7 Å². The molecule has 0 radical (unpaired) electrons. The Kier molecular flexibility index (Phi) is 5.38. The van der Waals surface area contributed by atoms with Crippen LogP contribution in [0.25, 0.3) is 11.1 Å². The summed E-state index contributed by atoms with van der Waals surface area (Å²) >= 11 is 6.19. The van der Waals surface area contributed by atoms with Crippen LogP contribution in [0.1, 0.15) is 16.7 Å². The third-order valence-corrected chi connectivity index (χ3v) is 6.57. The van der Waals surface area contributed by atoms with Gasteiger partial charge in [-0.1, -0.05) is 53.6 Å². The zero-order valence-electron chi connectivity index (χ0n) is 16.2. The smallest absolute Gasteiger partial charge is 0.297 e. The lowest BCUT2D eigenvalue weighted by atomic mass is 9.97. The van der Waals surface area contributed by atoms with Crippen molar-refractivity contribution in [3.05, 3.63) is 82.4 Å². The van der Waals surface area contributed by atoms with Crippen molar-refractivity contribution in [2.24, 2.45) is 0 Å². The Morgan fingerprint density at radius 1 is 1.03 bits per heavy atom. The highest BCUT2D eigenvalue weighted by atomic mass is 35.5. The first kappa shape index (κ1) is 20.0. The molecule has 6 heteroatoms. The van der Waals surface area contributed by atoms with Gasteiger partial charge in [-0.3, -0.25) is 4.18 Å². The molecule has 0 amide bonds. The van der Waals surface area contributed by atoms with E-state index in [4.69, 9.17) is 20.5 Å². The summed E-state index contributed by atoms with van der Waals surface area (Å²) in [4.78, 5) is 0.147. The first-order chi connectivity index (χ1) is 13.8. The molecule has 29 heavy (non-hydrogen) atoms. The third kappa shape index (κ3) is 4.17. The number of ether oxygens (including phenoxy) is 1. The summed E-state index contributed by atoms with van der Waals surface area (Å²) in [5, 5.41) is 0.658. The van der Waals surface area contributed by atoms with Gasteiger partial charge in [-0.25, -0.2) is 0 Å². The van der Waals surface area contributed by atoms with Crippen molar-refractivity contribution in [1.82, 2.24) is 0 Å². The number of halogens is 1. The molecular formula is C23H21ClO4S. The van der Waals surface area contributed by atoms with E-state index < -0.39 is 10.1 Å². The van der Waals surface area contributed by atoms with E-state index in [1.807, 2.05) is 50.2 Å². The molecule has 0 aliphatic carbocycles. The van der Waals surface area contributed by atoms with E-state index in [1.54, 1.807) is 24.3 Å². The molecule has 1 unspecified atom stereocenters. The van der Waals surface area contributed by atoms with Gasteiger partial charge in [-0.15, -0.1) is 0 Å². The van der Waals surface area contributed by atoms with Crippen molar-refractivity contribution in [2.75, 3.05) is 6.61 Å². The van der Waals surface area contributed by atoms with Crippen molar-refractivity contribution < 1.29 is 17.3 Å². The van der Waals surface area contributed by atoms with Crippen molar-refractivity contribution >= 4 is 21.7 Å². The molecule has 1 atom stereocenters. The van der Waals surface area contributed by atoms with Gasteiger partial charge in [-0.2, -0.15) is 8.42 Å². The molecule has 3 aromatic rings. The van der Waals surface area contributed by atoms with Gasteiger partial charge in [0.2, 0.25) is 0 Å². The molecule has 4 nitrogen and oxygen atoms in total. The minimum atomic E-state index is -3.82. The summed E-state index contributed by atoms with van der Waals surface area (Å²) in [7, 11) is -3.82. The summed E-state index contributed by atoms with van der Waals surface area (Å²) in [6, 6.07) is 18.3. The molecule has 0 bridgehead atoms. The quantitative estimate of drug-likeness (QED) is 0.515. The molecule has 0 saturated carbocycles. The van der Waals surface area contributed by atoms with E-state index in [1.165, 1.54) is 0 Å². The van der Waals surface area contributed by atoms with Gasteiger partial charge in [0.05, 0.1) is 4.90 Å². The van der Waals surface area contributed by atoms with Crippen LogP contribution < -0.4 is 4.74 Å². The standard InChI is InChI=1S/C23H21ClO4S/c1-15-6-10-20(11-7-15)29(25,26)27-14-19-12-17-4-3-5-21(23(17)28-19)22-13-18(24)9-8-16(22)2/h3-11,13,19H,12,14H2,1-2H3. The van der Waals surface area contributed by atoms with E-state index in [0.29, 0.717) is 11.4 Å². The van der Waals surface area contributed by atoms with Gasteiger partial charge in [0.25, 0.3) is 10.1 Å². The maximum absolute atomic E-state index is 12.5. The Bertz CT molecular complexity index is 1150. The fourth-order valence-corrected chi connectivity index (χ4v) is 4.57. The van der Waals surface area contributed by atoms with E-state index >= 15 is 0 Å². The van der Waals surface area contributed by atoms with Crippen LogP contribution in [-0.4, -0.2) is 21.1 Å². The highest BCUT2D eigenvalue weighted by Gasteiger charge is 2.28. The topological polar surface area (TPSA) is 52.6 Å². The lowest BCUT2D eigenvalue weighted by Gasteiger charge is -2.14. The number of hydrogen-bond donors (Lipinski definition) is 0.